The highest BCUT2D eigenvalue weighted by Crippen LogP contribution is 1.81. The van der Waals surface area contributed by atoms with Crippen molar-refractivity contribution in [3.05, 3.63) is 6.42 Å². The zero-order chi connectivity index (χ0) is 6.41. The number of hydrogen-bond acceptors (Lipinski definition) is 2. The lowest BCUT2D eigenvalue weighted by atomic mass is 10.5. The minimum absolute atomic E-state index is 0.0339. The molecule has 0 rings (SSSR count). The Morgan fingerprint density at radius 3 is 2.88 bits per heavy atom. The van der Waals surface area contributed by atoms with Gasteiger partial charge in [-0.15, -0.1) is 0 Å². The summed E-state index contributed by atoms with van der Waals surface area (Å²) in [5.41, 5.74) is 0. The van der Waals surface area contributed by atoms with Crippen molar-refractivity contribution in [2.24, 2.45) is 0 Å². The van der Waals surface area contributed by atoms with Crippen LogP contribution in [0.15, 0.2) is 0 Å². The molecule has 0 spiro atoms. The molecule has 43 valence electrons. The van der Waals surface area contributed by atoms with Gasteiger partial charge in [0.05, 0.1) is 6.61 Å². The minimum atomic E-state index is -0.387. The van der Waals surface area contributed by atoms with Gasteiger partial charge in [0.2, 0.25) is 0 Å². The molecule has 0 aromatic rings. The Kier molecular flexibility index (Phi) is 3.69. The first kappa shape index (κ1) is 7.03. The molecule has 2 heteroatoms. The minimum Gasteiger partial charge on any atom is -0.465 e. The molecule has 2 nitrogen and oxygen atoms in total. The molecule has 0 N–H and O–H groups in total. The van der Waals surface area contributed by atoms with E-state index < -0.39 is 0 Å². The van der Waals surface area contributed by atoms with E-state index in [4.69, 9.17) is 6.42 Å². The molecule has 0 unspecified atom stereocenters. The molecule has 0 saturated carbocycles. The molecule has 0 bridgehead atoms. The fourth-order valence-corrected chi connectivity index (χ4v) is 0.284. The zero-order valence-corrected chi connectivity index (χ0v) is 4.73. The molecule has 0 aliphatic carbocycles. The van der Waals surface area contributed by atoms with E-state index in [0.717, 1.165) is 0 Å². The number of rotatable bonds is 2. The van der Waals surface area contributed by atoms with E-state index in [-0.39, 0.29) is 12.4 Å². The van der Waals surface area contributed by atoms with E-state index in [0.29, 0.717) is 6.61 Å². The lowest BCUT2D eigenvalue weighted by molar-refractivity contribution is -0.141. The SMILES string of the molecule is [C]#CCC(=O)OCC. The van der Waals surface area contributed by atoms with Crippen LogP contribution in [0.2, 0.25) is 0 Å². The molecule has 0 aliphatic rings. The molecule has 0 aliphatic heterocycles. The molecule has 0 saturated heterocycles. The van der Waals surface area contributed by atoms with Crippen molar-refractivity contribution in [1.82, 2.24) is 0 Å². The average Bonchev–Trinajstić information content (AvgIpc) is 1.68. The second kappa shape index (κ2) is 4.20. The Bertz CT molecular complexity index is 110. The highest BCUT2D eigenvalue weighted by Gasteiger charge is 1.94. The van der Waals surface area contributed by atoms with Crippen LogP contribution in [0.4, 0.5) is 0 Å². The molecule has 1 radical (unpaired) electrons. The summed E-state index contributed by atoms with van der Waals surface area (Å²) in [6.07, 6.45) is 6.33. The number of carbonyl (C=O) groups is 1. The normalized spacial score (nSPS) is 7.50. The van der Waals surface area contributed by atoms with Gasteiger partial charge in [0, 0.05) is 0 Å². The summed E-state index contributed by atoms with van der Waals surface area (Å²) in [6, 6.07) is 0. The third-order valence-electron chi connectivity index (χ3n) is 0.538. The van der Waals surface area contributed by atoms with Gasteiger partial charge in [0.1, 0.15) is 6.42 Å². The van der Waals surface area contributed by atoms with Crippen LogP contribution >= 0.6 is 0 Å². The number of esters is 1. The van der Waals surface area contributed by atoms with E-state index >= 15 is 0 Å². The highest BCUT2D eigenvalue weighted by molar-refractivity contribution is 5.71. The lowest BCUT2D eigenvalue weighted by Crippen LogP contribution is -2.01. The summed E-state index contributed by atoms with van der Waals surface area (Å²) >= 11 is 0. The van der Waals surface area contributed by atoms with Crippen LogP contribution < -0.4 is 0 Å². The number of ether oxygens (including phenoxy) is 1. The van der Waals surface area contributed by atoms with Gasteiger partial charge in [-0.1, -0.05) is 5.92 Å². The van der Waals surface area contributed by atoms with Crippen LogP contribution in [0.1, 0.15) is 13.3 Å². The molecule has 0 atom stereocenters. The Balaban J connectivity index is 3.23. The van der Waals surface area contributed by atoms with Gasteiger partial charge in [-0.3, -0.25) is 4.79 Å². The first-order valence-corrected chi connectivity index (χ1v) is 2.36. The topological polar surface area (TPSA) is 26.3 Å². The molecule has 8 heavy (non-hydrogen) atoms. The summed E-state index contributed by atoms with van der Waals surface area (Å²) in [4.78, 5) is 10.2. The molecule has 0 fully saturated rings. The maximum atomic E-state index is 10.2. The monoisotopic (exact) mass is 111 g/mol. The fourth-order valence-electron chi connectivity index (χ4n) is 0.284. The van der Waals surface area contributed by atoms with Crippen molar-refractivity contribution in [3.8, 4) is 5.92 Å². The Morgan fingerprint density at radius 2 is 2.50 bits per heavy atom. The Morgan fingerprint density at radius 1 is 1.88 bits per heavy atom. The van der Waals surface area contributed by atoms with E-state index in [1.165, 1.54) is 0 Å². The van der Waals surface area contributed by atoms with Gasteiger partial charge in [0.25, 0.3) is 0 Å². The molecular formula is C6H7O2. The molecule has 0 aromatic carbocycles. The third-order valence-corrected chi connectivity index (χ3v) is 0.538. The Labute approximate surface area is 48.8 Å². The van der Waals surface area contributed by atoms with Gasteiger partial charge < -0.3 is 4.74 Å². The van der Waals surface area contributed by atoms with Gasteiger partial charge in [-0.2, -0.15) is 0 Å². The van der Waals surface area contributed by atoms with Crippen LogP contribution in [0, 0.1) is 12.3 Å². The summed E-state index contributed by atoms with van der Waals surface area (Å²) in [7, 11) is 0. The van der Waals surface area contributed by atoms with Gasteiger partial charge in [0.15, 0.2) is 0 Å². The van der Waals surface area contributed by atoms with Gasteiger partial charge >= 0.3 is 5.97 Å². The molecule has 0 amide bonds. The van der Waals surface area contributed by atoms with Crippen molar-refractivity contribution < 1.29 is 9.53 Å². The van der Waals surface area contributed by atoms with Crippen molar-refractivity contribution >= 4 is 5.97 Å². The maximum absolute atomic E-state index is 10.2. The molecule has 0 aromatic heterocycles. The number of carbonyl (C=O) groups excluding carboxylic acids is 1. The van der Waals surface area contributed by atoms with E-state index in [1.54, 1.807) is 6.92 Å². The third kappa shape index (κ3) is 3.23. The second-order valence-corrected chi connectivity index (χ2v) is 1.16. The van der Waals surface area contributed by atoms with Crippen molar-refractivity contribution in [2.75, 3.05) is 6.61 Å². The maximum Gasteiger partial charge on any atom is 0.317 e. The summed E-state index contributed by atoms with van der Waals surface area (Å²) in [5.74, 6) is 1.54. The first-order valence-electron chi connectivity index (χ1n) is 2.36. The molecule has 0 heterocycles. The number of hydrogen-bond donors (Lipinski definition) is 0. The zero-order valence-electron chi connectivity index (χ0n) is 4.73. The van der Waals surface area contributed by atoms with Crippen LogP contribution in [-0.2, 0) is 9.53 Å². The van der Waals surface area contributed by atoms with Gasteiger partial charge in [-0.25, -0.2) is 0 Å². The summed E-state index contributed by atoms with van der Waals surface area (Å²) in [6.45, 7) is 2.10. The van der Waals surface area contributed by atoms with Crippen molar-refractivity contribution in [1.29, 1.82) is 0 Å². The largest absolute Gasteiger partial charge is 0.465 e. The fraction of sp³-hybridized carbons (Fsp3) is 0.500. The predicted molar refractivity (Wildman–Crippen MR) is 28.4 cm³/mol. The first-order chi connectivity index (χ1) is 3.81. The average molecular weight is 111 g/mol. The van der Waals surface area contributed by atoms with Crippen LogP contribution in [0.3, 0.4) is 0 Å². The second-order valence-electron chi connectivity index (χ2n) is 1.16. The van der Waals surface area contributed by atoms with E-state index in [1.807, 2.05) is 5.92 Å². The smallest absolute Gasteiger partial charge is 0.317 e. The highest BCUT2D eigenvalue weighted by atomic mass is 16.5. The van der Waals surface area contributed by atoms with Crippen LogP contribution in [-0.4, -0.2) is 12.6 Å². The Hall–Kier alpha value is -0.970. The van der Waals surface area contributed by atoms with Crippen LogP contribution in [0.5, 0.6) is 0 Å². The van der Waals surface area contributed by atoms with Gasteiger partial charge in [-0.05, 0) is 13.3 Å². The molecular weight excluding hydrogens is 104 g/mol. The standard InChI is InChI=1S/C6H7O2/c1-3-5-6(7)8-4-2/h4-5H2,2H3. The van der Waals surface area contributed by atoms with Crippen molar-refractivity contribution in [3.63, 3.8) is 0 Å². The van der Waals surface area contributed by atoms with Crippen molar-refractivity contribution in [2.45, 2.75) is 13.3 Å². The quantitative estimate of drug-likeness (QED) is 0.384. The van der Waals surface area contributed by atoms with E-state index in [9.17, 15) is 4.79 Å². The van der Waals surface area contributed by atoms with E-state index in [2.05, 4.69) is 4.74 Å². The summed E-state index contributed by atoms with van der Waals surface area (Å²) in [5, 5.41) is 0. The predicted octanol–water partition coefficient (Wildman–Crippen LogP) is 0.529. The summed E-state index contributed by atoms with van der Waals surface area (Å²) < 4.78 is 4.46. The van der Waals surface area contributed by atoms with Crippen LogP contribution in [0.25, 0.3) is 0 Å². The lowest BCUT2D eigenvalue weighted by Gasteiger charge is -1.93.